The second-order valence-corrected chi connectivity index (χ2v) is 6.95. The number of amides is 1. The van der Waals surface area contributed by atoms with Crippen LogP contribution in [0.3, 0.4) is 0 Å². The number of aryl methyl sites for hydroxylation is 2. The third-order valence-corrected chi connectivity index (χ3v) is 4.91. The Morgan fingerprint density at radius 3 is 2.24 bits per heavy atom. The molecule has 0 aliphatic heterocycles. The molecule has 0 radical (unpaired) electrons. The van der Waals surface area contributed by atoms with Crippen molar-refractivity contribution in [2.75, 3.05) is 23.3 Å². The van der Waals surface area contributed by atoms with E-state index >= 15 is 0 Å². The summed E-state index contributed by atoms with van der Waals surface area (Å²) in [7, 11) is 0. The lowest BCUT2D eigenvalue weighted by atomic mass is 10.1. The minimum Gasteiger partial charge on any atom is -0.485 e. The molecule has 0 atom stereocenters. The van der Waals surface area contributed by atoms with Crippen LogP contribution in [0, 0.1) is 13.8 Å². The maximum Gasteiger partial charge on any atom is 0.291 e. The molecule has 0 aliphatic rings. The number of anilines is 2. The Bertz CT molecular complexity index is 936. The van der Waals surface area contributed by atoms with E-state index in [2.05, 4.69) is 24.1 Å². The molecule has 1 aromatic heterocycles. The third kappa shape index (κ3) is 4.99. The summed E-state index contributed by atoms with van der Waals surface area (Å²) in [6, 6.07) is 17.3. The summed E-state index contributed by atoms with van der Waals surface area (Å²) in [5.41, 5.74) is 4.01. The molecule has 0 saturated carbocycles. The highest BCUT2D eigenvalue weighted by atomic mass is 16.5. The first-order valence-electron chi connectivity index (χ1n) is 9.96. The van der Waals surface area contributed by atoms with E-state index in [-0.39, 0.29) is 18.3 Å². The van der Waals surface area contributed by atoms with Crippen LogP contribution in [0.15, 0.2) is 59.0 Å². The molecule has 0 fully saturated rings. The quantitative estimate of drug-likeness (QED) is 0.544. The van der Waals surface area contributed by atoms with Gasteiger partial charge in [0.2, 0.25) is 0 Å². The molecule has 0 bridgehead atoms. The Labute approximate surface area is 172 Å². The summed E-state index contributed by atoms with van der Waals surface area (Å²) in [5, 5.41) is 2.87. The Hall–Kier alpha value is -3.21. The lowest BCUT2D eigenvalue weighted by Gasteiger charge is -2.21. The number of para-hydroxylation sites is 1. The molecule has 0 unspecified atom stereocenters. The zero-order chi connectivity index (χ0) is 20.8. The topological polar surface area (TPSA) is 54.7 Å². The predicted molar refractivity (Wildman–Crippen MR) is 117 cm³/mol. The zero-order valence-corrected chi connectivity index (χ0v) is 17.5. The van der Waals surface area contributed by atoms with Crippen LogP contribution in [0.2, 0.25) is 0 Å². The summed E-state index contributed by atoms with van der Waals surface area (Å²) in [6.07, 6.45) is 0. The molecule has 152 valence electrons. The molecule has 1 amide bonds. The smallest absolute Gasteiger partial charge is 0.291 e. The second kappa shape index (κ2) is 9.32. The molecule has 5 nitrogen and oxygen atoms in total. The van der Waals surface area contributed by atoms with E-state index in [1.54, 1.807) is 12.1 Å². The van der Waals surface area contributed by atoms with Gasteiger partial charge >= 0.3 is 0 Å². The van der Waals surface area contributed by atoms with E-state index in [0.29, 0.717) is 5.76 Å². The number of nitrogens with one attached hydrogen (secondary N) is 1. The number of ether oxygens (including phenoxy) is 1. The van der Waals surface area contributed by atoms with Gasteiger partial charge in [-0.25, -0.2) is 0 Å². The Balaban J connectivity index is 1.60. The van der Waals surface area contributed by atoms with Gasteiger partial charge in [-0.3, -0.25) is 4.79 Å². The van der Waals surface area contributed by atoms with Crippen LogP contribution in [0.1, 0.15) is 41.3 Å². The summed E-state index contributed by atoms with van der Waals surface area (Å²) >= 11 is 0. The third-order valence-electron chi connectivity index (χ3n) is 4.91. The first kappa shape index (κ1) is 20.5. The van der Waals surface area contributed by atoms with Crippen LogP contribution in [0.4, 0.5) is 11.4 Å². The van der Waals surface area contributed by atoms with Crippen molar-refractivity contribution in [2.45, 2.75) is 34.3 Å². The average Bonchev–Trinajstić information content (AvgIpc) is 3.19. The molecule has 0 saturated heterocycles. The summed E-state index contributed by atoms with van der Waals surface area (Å²) < 4.78 is 11.6. The van der Waals surface area contributed by atoms with Gasteiger partial charge in [0.15, 0.2) is 5.76 Å². The van der Waals surface area contributed by atoms with Gasteiger partial charge in [-0.2, -0.15) is 0 Å². The molecular weight excluding hydrogens is 364 g/mol. The van der Waals surface area contributed by atoms with E-state index in [1.807, 2.05) is 56.3 Å². The van der Waals surface area contributed by atoms with Crippen molar-refractivity contribution in [3.8, 4) is 5.75 Å². The SMILES string of the molecule is CCN(CC)c1ccc(NC(=O)c2ccc(COc3c(C)cccc3C)o2)cc1. The number of hydrogen-bond donors (Lipinski definition) is 1. The molecule has 3 aromatic rings. The van der Waals surface area contributed by atoms with Crippen LogP contribution in [-0.2, 0) is 6.61 Å². The first-order valence-corrected chi connectivity index (χ1v) is 9.96. The predicted octanol–water partition coefficient (Wildman–Crippen LogP) is 5.57. The number of benzene rings is 2. The van der Waals surface area contributed by atoms with Gasteiger partial charge in [0, 0.05) is 24.5 Å². The van der Waals surface area contributed by atoms with Gasteiger partial charge in [-0.15, -0.1) is 0 Å². The Morgan fingerprint density at radius 1 is 0.966 bits per heavy atom. The second-order valence-electron chi connectivity index (χ2n) is 6.95. The van der Waals surface area contributed by atoms with Crippen molar-refractivity contribution in [3.63, 3.8) is 0 Å². The highest BCUT2D eigenvalue weighted by molar-refractivity contribution is 6.02. The van der Waals surface area contributed by atoms with Crippen molar-refractivity contribution in [1.29, 1.82) is 0 Å². The van der Waals surface area contributed by atoms with E-state index in [1.165, 1.54) is 0 Å². The molecule has 3 rings (SSSR count). The summed E-state index contributed by atoms with van der Waals surface area (Å²) in [4.78, 5) is 14.7. The molecule has 5 heteroatoms. The van der Waals surface area contributed by atoms with E-state index in [9.17, 15) is 4.79 Å². The fraction of sp³-hybridized carbons (Fsp3) is 0.292. The van der Waals surface area contributed by atoms with Crippen LogP contribution < -0.4 is 15.0 Å². The lowest BCUT2D eigenvalue weighted by molar-refractivity contribution is 0.0992. The normalized spacial score (nSPS) is 10.6. The molecule has 2 aromatic carbocycles. The van der Waals surface area contributed by atoms with E-state index < -0.39 is 0 Å². The van der Waals surface area contributed by atoms with Gasteiger partial charge in [0.25, 0.3) is 5.91 Å². The molecular formula is C24H28N2O3. The molecule has 0 aliphatic carbocycles. The van der Waals surface area contributed by atoms with Crippen molar-refractivity contribution in [1.82, 2.24) is 0 Å². The van der Waals surface area contributed by atoms with Gasteiger partial charge in [0.05, 0.1) is 0 Å². The maximum atomic E-state index is 12.5. The van der Waals surface area contributed by atoms with Gasteiger partial charge in [0.1, 0.15) is 18.1 Å². The van der Waals surface area contributed by atoms with Crippen LogP contribution in [-0.4, -0.2) is 19.0 Å². The minimum absolute atomic E-state index is 0.262. The van der Waals surface area contributed by atoms with Crippen molar-refractivity contribution >= 4 is 17.3 Å². The Kier molecular flexibility index (Phi) is 6.60. The molecule has 29 heavy (non-hydrogen) atoms. The van der Waals surface area contributed by atoms with Crippen LogP contribution in [0.5, 0.6) is 5.75 Å². The van der Waals surface area contributed by atoms with Crippen LogP contribution >= 0.6 is 0 Å². The average molecular weight is 392 g/mol. The van der Waals surface area contributed by atoms with Crippen LogP contribution in [0.25, 0.3) is 0 Å². The minimum atomic E-state index is -0.279. The molecule has 0 spiro atoms. The number of furan rings is 1. The standard InChI is InChI=1S/C24H28N2O3/c1-5-26(6-2)20-12-10-19(11-13-20)25-24(27)22-15-14-21(29-22)16-28-23-17(3)8-7-9-18(23)4/h7-15H,5-6,16H2,1-4H3,(H,25,27). The van der Waals surface area contributed by atoms with Gasteiger partial charge < -0.3 is 19.4 Å². The number of rotatable bonds is 8. The number of hydrogen-bond acceptors (Lipinski definition) is 4. The maximum absolute atomic E-state index is 12.5. The number of carbonyl (C=O) groups excluding carboxylic acids is 1. The number of carbonyl (C=O) groups is 1. The Morgan fingerprint density at radius 2 is 1.62 bits per heavy atom. The van der Waals surface area contributed by atoms with Gasteiger partial charge in [-0.05, 0) is 75.2 Å². The first-order chi connectivity index (χ1) is 14.0. The summed E-state index contributed by atoms with van der Waals surface area (Å²) in [6.45, 7) is 10.4. The molecule has 1 N–H and O–H groups in total. The summed E-state index contributed by atoms with van der Waals surface area (Å²) in [5.74, 6) is 1.44. The number of nitrogens with zero attached hydrogens (tertiary/aromatic N) is 1. The van der Waals surface area contributed by atoms with Crippen molar-refractivity contribution in [2.24, 2.45) is 0 Å². The lowest BCUT2D eigenvalue weighted by Crippen LogP contribution is -2.21. The fourth-order valence-corrected chi connectivity index (χ4v) is 3.28. The van der Waals surface area contributed by atoms with Crippen molar-refractivity contribution < 1.29 is 13.9 Å². The largest absolute Gasteiger partial charge is 0.485 e. The highest BCUT2D eigenvalue weighted by Crippen LogP contribution is 2.24. The fourth-order valence-electron chi connectivity index (χ4n) is 3.28. The van der Waals surface area contributed by atoms with Gasteiger partial charge in [-0.1, -0.05) is 18.2 Å². The monoisotopic (exact) mass is 392 g/mol. The van der Waals surface area contributed by atoms with E-state index in [4.69, 9.17) is 9.15 Å². The molecule has 1 heterocycles. The van der Waals surface area contributed by atoms with E-state index in [0.717, 1.165) is 41.3 Å². The zero-order valence-electron chi connectivity index (χ0n) is 17.5. The highest BCUT2D eigenvalue weighted by Gasteiger charge is 2.13. The van der Waals surface area contributed by atoms with Crippen molar-refractivity contribution in [3.05, 3.63) is 77.2 Å².